The van der Waals surface area contributed by atoms with Crippen molar-refractivity contribution in [3.05, 3.63) is 83.0 Å². The molecule has 1 aliphatic heterocycles. The van der Waals surface area contributed by atoms with Gasteiger partial charge < -0.3 is 5.32 Å². The number of fused-ring (bicyclic) bond motifs is 1. The van der Waals surface area contributed by atoms with E-state index in [2.05, 4.69) is 15.4 Å². The number of hydrazone groups is 1. The average molecular weight is 441 g/mol. The summed E-state index contributed by atoms with van der Waals surface area (Å²) < 4.78 is 26.1. The van der Waals surface area contributed by atoms with Crippen molar-refractivity contribution in [3.8, 4) is 0 Å². The van der Waals surface area contributed by atoms with E-state index in [-0.39, 0.29) is 17.3 Å². The molecule has 0 saturated carbocycles. The van der Waals surface area contributed by atoms with Crippen molar-refractivity contribution in [2.24, 2.45) is 5.10 Å². The summed E-state index contributed by atoms with van der Waals surface area (Å²) in [7, 11) is -4.13. The SMILES string of the molecule is Cc1ccc(CNC(=O)C2=NN(c3ccc(Cl)cc3)c3ncccc3S2(=O)=O)cc1. The molecule has 0 radical (unpaired) electrons. The molecule has 30 heavy (non-hydrogen) atoms. The number of carbonyl (C=O) groups is 1. The molecule has 0 atom stereocenters. The Hall–Kier alpha value is -3.23. The molecule has 1 N–H and O–H groups in total. The van der Waals surface area contributed by atoms with Crippen molar-refractivity contribution in [3.63, 3.8) is 0 Å². The molecule has 2 heterocycles. The summed E-state index contributed by atoms with van der Waals surface area (Å²) in [6, 6.07) is 17.1. The first-order chi connectivity index (χ1) is 14.4. The number of nitrogens with zero attached hydrogens (tertiary/aromatic N) is 3. The van der Waals surface area contributed by atoms with Crippen molar-refractivity contribution < 1.29 is 13.2 Å². The zero-order chi connectivity index (χ0) is 21.3. The molecule has 0 aliphatic carbocycles. The number of benzene rings is 2. The Balaban J connectivity index is 1.71. The summed E-state index contributed by atoms with van der Waals surface area (Å²) >= 11 is 5.95. The monoisotopic (exact) mass is 440 g/mol. The molecular formula is C21H17ClN4O3S. The molecule has 2 aromatic carbocycles. The van der Waals surface area contributed by atoms with Gasteiger partial charge in [0.05, 0.1) is 5.69 Å². The highest BCUT2D eigenvalue weighted by molar-refractivity contribution is 8.08. The van der Waals surface area contributed by atoms with E-state index in [1.54, 1.807) is 24.3 Å². The number of halogens is 1. The minimum Gasteiger partial charge on any atom is -0.346 e. The standard InChI is InChI=1S/C21H17ClN4O3S/c1-14-4-6-15(7-5-14)13-24-20(27)21-25-26(17-10-8-16(22)9-11-17)19-18(30(21,28)29)3-2-12-23-19/h2-12H,13H2,1H3,(H,24,27). The van der Waals surface area contributed by atoms with Crippen molar-refractivity contribution in [1.29, 1.82) is 0 Å². The molecule has 3 aromatic rings. The van der Waals surface area contributed by atoms with Crippen molar-refractivity contribution in [1.82, 2.24) is 10.3 Å². The van der Waals surface area contributed by atoms with E-state index in [0.29, 0.717) is 10.7 Å². The molecule has 152 valence electrons. The van der Waals surface area contributed by atoms with Gasteiger partial charge in [-0.2, -0.15) is 0 Å². The van der Waals surface area contributed by atoms with Crippen LogP contribution in [0.3, 0.4) is 0 Å². The maximum absolute atomic E-state index is 13.1. The van der Waals surface area contributed by atoms with Crippen LogP contribution < -0.4 is 10.3 Å². The number of aryl methyl sites for hydroxylation is 1. The molecule has 1 aliphatic rings. The van der Waals surface area contributed by atoms with Gasteiger partial charge in [-0.15, -0.1) is 5.10 Å². The third-order valence-electron chi connectivity index (χ3n) is 4.53. The Morgan fingerprint density at radius 3 is 2.47 bits per heavy atom. The third-order valence-corrected chi connectivity index (χ3v) is 6.45. The Morgan fingerprint density at radius 2 is 1.77 bits per heavy atom. The number of hydrogen-bond acceptors (Lipinski definition) is 6. The summed E-state index contributed by atoms with van der Waals surface area (Å²) in [6.45, 7) is 2.14. The fourth-order valence-electron chi connectivity index (χ4n) is 2.94. The number of anilines is 2. The van der Waals surface area contributed by atoms with Crippen LogP contribution in [0, 0.1) is 6.92 Å². The average Bonchev–Trinajstić information content (AvgIpc) is 2.74. The topological polar surface area (TPSA) is 91.7 Å². The van der Waals surface area contributed by atoms with Crippen LogP contribution in [0.15, 0.2) is 76.9 Å². The van der Waals surface area contributed by atoms with Crippen LogP contribution in [-0.4, -0.2) is 24.4 Å². The van der Waals surface area contributed by atoms with Gasteiger partial charge in [-0.1, -0.05) is 41.4 Å². The van der Waals surface area contributed by atoms with Crippen LogP contribution in [-0.2, 0) is 21.2 Å². The molecule has 1 amide bonds. The van der Waals surface area contributed by atoms with E-state index in [1.807, 2.05) is 31.2 Å². The van der Waals surface area contributed by atoms with Crippen LogP contribution in [0.1, 0.15) is 11.1 Å². The number of hydrogen-bond donors (Lipinski definition) is 1. The van der Waals surface area contributed by atoms with Gasteiger partial charge >= 0.3 is 0 Å². The lowest BCUT2D eigenvalue weighted by atomic mass is 10.1. The van der Waals surface area contributed by atoms with Crippen molar-refractivity contribution >= 4 is 43.9 Å². The van der Waals surface area contributed by atoms with Gasteiger partial charge in [-0.3, -0.25) is 4.79 Å². The Bertz CT molecular complexity index is 1240. The minimum atomic E-state index is -4.13. The van der Waals surface area contributed by atoms with Crippen LogP contribution in [0.5, 0.6) is 0 Å². The first-order valence-corrected chi connectivity index (χ1v) is 10.9. The fourth-order valence-corrected chi connectivity index (χ4v) is 4.42. The molecule has 0 bridgehead atoms. The predicted octanol–water partition coefficient (Wildman–Crippen LogP) is 3.60. The normalized spacial score (nSPS) is 14.6. The summed E-state index contributed by atoms with van der Waals surface area (Å²) in [5.41, 5.74) is 2.46. The maximum atomic E-state index is 13.1. The Morgan fingerprint density at radius 1 is 1.07 bits per heavy atom. The molecule has 0 spiro atoms. The number of nitrogens with one attached hydrogen (secondary N) is 1. The fraction of sp³-hybridized carbons (Fsp3) is 0.0952. The minimum absolute atomic E-state index is 0.0876. The van der Waals surface area contributed by atoms with Gasteiger partial charge in [0.25, 0.3) is 5.91 Å². The van der Waals surface area contributed by atoms with Crippen LogP contribution in [0.25, 0.3) is 0 Å². The Labute approximate surface area is 178 Å². The largest absolute Gasteiger partial charge is 0.346 e. The second-order valence-electron chi connectivity index (χ2n) is 6.69. The van der Waals surface area contributed by atoms with Gasteiger partial charge in [-0.25, -0.2) is 18.4 Å². The number of aromatic nitrogens is 1. The van der Waals surface area contributed by atoms with Gasteiger partial charge in [0, 0.05) is 17.8 Å². The molecule has 9 heteroatoms. The lowest BCUT2D eigenvalue weighted by molar-refractivity contribution is -0.114. The van der Waals surface area contributed by atoms with Crippen LogP contribution >= 0.6 is 11.6 Å². The number of rotatable bonds is 4. The maximum Gasteiger partial charge on any atom is 0.284 e. The van der Waals surface area contributed by atoms with E-state index in [0.717, 1.165) is 11.1 Å². The number of amides is 1. The molecule has 4 rings (SSSR count). The molecule has 0 unspecified atom stereocenters. The van der Waals surface area contributed by atoms with Crippen LogP contribution in [0.2, 0.25) is 5.02 Å². The summed E-state index contributed by atoms with van der Waals surface area (Å²) in [5.74, 6) is -0.668. The highest BCUT2D eigenvalue weighted by Gasteiger charge is 2.38. The summed E-state index contributed by atoms with van der Waals surface area (Å²) in [6.07, 6.45) is 1.47. The summed E-state index contributed by atoms with van der Waals surface area (Å²) in [4.78, 5) is 16.9. The van der Waals surface area contributed by atoms with Gasteiger partial charge in [-0.05, 0) is 48.9 Å². The summed E-state index contributed by atoms with van der Waals surface area (Å²) in [5, 5.41) is 8.04. The lowest BCUT2D eigenvalue weighted by Crippen LogP contribution is -2.40. The molecular weight excluding hydrogens is 424 g/mol. The highest BCUT2D eigenvalue weighted by Crippen LogP contribution is 2.35. The Kier molecular flexibility index (Phi) is 5.27. The molecule has 1 aromatic heterocycles. The third kappa shape index (κ3) is 3.79. The van der Waals surface area contributed by atoms with E-state index in [9.17, 15) is 13.2 Å². The van der Waals surface area contributed by atoms with Crippen molar-refractivity contribution in [2.45, 2.75) is 18.4 Å². The first kappa shape index (κ1) is 20.1. The zero-order valence-corrected chi connectivity index (χ0v) is 17.5. The number of carbonyl (C=O) groups excluding carboxylic acids is 1. The first-order valence-electron chi connectivity index (χ1n) is 9.04. The van der Waals surface area contributed by atoms with E-state index < -0.39 is 20.8 Å². The molecule has 0 saturated heterocycles. The second-order valence-corrected chi connectivity index (χ2v) is 8.96. The quantitative estimate of drug-likeness (QED) is 0.669. The molecule has 7 nitrogen and oxygen atoms in total. The lowest BCUT2D eigenvalue weighted by Gasteiger charge is -2.26. The highest BCUT2D eigenvalue weighted by atomic mass is 35.5. The van der Waals surface area contributed by atoms with Gasteiger partial charge in [0.15, 0.2) is 5.82 Å². The van der Waals surface area contributed by atoms with E-state index in [1.165, 1.54) is 23.3 Å². The zero-order valence-electron chi connectivity index (χ0n) is 15.9. The van der Waals surface area contributed by atoms with E-state index in [4.69, 9.17) is 11.6 Å². The number of pyridine rings is 1. The smallest absolute Gasteiger partial charge is 0.284 e. The van der Waals surface area contributed by atoms with Gasteiger partial charge in [0.1, 0.15) is 4.90 Å². The number of sulfone groups is 1. The second kappa shape index (κ2) is 7.89. The van der Waals surface area contributed by atoms with Crippen LogP contribution in [0.4, 0.5) is 11.5 Å². The molecule has 0 fully saturated rings. The van der Waals surface area contributed by atoms with E-state index >= 15 is 0 Å². The van der Waals surface area contributed by atoms with Crippen molar-refractivity contribution in [2.75, 3.05) is 5.01 Å². The van der Waals surface area contributed by atoms with Gasteiger partial charge in [0.2, 0.25) is 14.9 Å². The predicted molar refractivity (Wildman–Crippen MR) is 115 cm³/mol.